The number of likely N-dealkylation sites (tertiary alicyclic amines) is 1. The number of likely N-dealkylation sites (N-methyl/N-ethyl adjacent to an activating group) is 1. The first-order valence-corrected chi connectivity index (χ1v) is 9.33. The fourth-order valence-corrected chi connectivity index (χ4v) is 3.48. The zero-order valence-corrected chi connectivity index (χ0v) is 15.7. The van der Waals surface area contributed by atoms with Crippen molar-refractivity contribution in [2.75, 3.05) is 25.5 Å². The summed E-state index contributed by atoms with van der Waals surface area (Å²) in [6.45, 7) is 8.93. The number of hydrogen-bond donors (Lipinski definition) is 2. The molecule has 0 aliphatic carbocycles. The van der Waals surface area contributed by atoms with E-state index < -0.39 is 6.10 Å². The van der Waals surface area contributed by atoms with Gasteiger partial charge in [0, 0.05) is 19.6 Å². The van der Waals surface area contributed by atoms with Crippen molar-refractivity contribution < 1.29 is 5.11 Å². The van der Waals surface area contributed by atoms with E-state index in [0.29, 0.717) is 12.5 Å². The highest BCUT2D eigenvalue weighted by atomic mass is 16.3. The maximum atomic E-state index is 10.3. The lowest BCUT2D eigenvalue weighted by Gasteiger charge is -2.17. The van der Waals surface area contributed by atoms with Gasteiger partial charge in [-0.2, -0.15) is 5.10 Å². The summed E-state index contributed by atoms with van der Waals surface area (Å²) >= 11 is 0. The Bertz CT molecular complexity index is 713. The van der Waals surface area contributed by atoms with Crippen molar-refractivity contribution in [3.05, 3.63) is 12.0 Å². The molecule has 2 aromatic heterocycles. The topological polar surface area (TPSA) is 79.1 Å². The second kappa shape index (κ2) is 7.66. The number of aliphatic hydroxyl groups excluding tert-OH is 1. The number of anilines is 1. The molecule has 1 aliphatic heterocycles. The zero-order valence-electron chi connectivity index (χ0n) is 15.7. The van der Waals surface area contributed by atoms with Crippen LogP contribution in [0, 0.1) is 5.92 Å². The second-order valence-corrected chi connectivity index (χ2v) is 7.58. The molecule has 2 aromatic rings. The molecular formula is C18H30N6O. The minimum Gasteiger partial charge on any atom is -0.390 e. The van der Waals surface area contributed by atoms with Crippen LogP contribution in [0.4, 0.5) is 5.82 Å². The van der Waals surface area contributed by atoms with Crippen LogP contribution in [0.5, 0.6) is 0 Å². The lowest BCUT2D eigenvalue weighted by Crippen LogP contribution is -2.32. The molecule has 0 unspecified atom stereocenters. The van der Waals surface area contributed by atoms with Gasteiger partial charge < -0.3 is 15.3 Å². The molecule has 1 saturated heterocycles. The van der Waals surface area contributed by atoms with Crippen molar-refractivity contribution in [3.63, 3.8) is 0 Å². The third kappa shape index (κ3) is 3.93. The molecule has 0 bridgehead atoms. The smallest absolute Gasteiger partial charge is 0.163 e. The van der Waals surface area contributed by atoms with Gasteiger partial charge in [0.15, 0.2) is 5.65 Å². The van der Waals surface area contributed by atoms with Crippen molar-refractivity contribution in [2.24, 2.45) is 5.92 Å². The molecule has 2 N–H and O–H groups in total. The highest BCUT2D eigenvalue weighted by Crippen LogP contribution is 2.27. The summed E-state index contributed by atoms with van der Waals surface area (Å²) in [5, 5.41) is 19.6. The van der Waals surface area contributed by atoms with E-state index in [9.17, 15) is 5.11 Å². The van der Waals surface area contributed by atoms with Crippen LogP contribution < -0.4 is 5.32 Å². The SMILES string of the molecule is CCCCn1nc(CC(C)C)c2c(N[C@@H]3CN(C)C[C@H]3O)ncnc21. The van der Waals surface area contributed by atoms with E-state index in [4.69, 9.17) is 5.10 Å². The van der Waals surface area contributed by atoms with Crippen molar-refractivity contribution >= 4 is 16.9 Å². The quantitative estimate of drug-likeness (QED) is 0.797. The summed E-state index contributed by atoms with van der Waals surface area (Å²) in [6.07, 6.45) is 4.30. The molecule has 1 aliphatic rings. The summed E-state index contributed by atoms with van der Waals surface area (Å²) in [7, 11) is 2.02. The standard InChI is InChI=1S/C18H30N6O/c1-5-6-7-24-18-16(13(22-24)8-12(2)3)17(19-11-20-18)21-14-9-23(4)10-15(14)25/h11-12,14-15,25H,5-10H2,1-4H3,(H,19,20,21)/t14-,15-/m1/s1. The first-order valence-electron chi connectivity index (χ1n) is 9.33. The molecule has 7 heteroatoms. The van der Waals surface area contributed by atoms with Crippen LogP contribution in [0.25, 0.3) is 11.0 Å². The van der Waals surface area contributed by atoms with Crippen LogP contribution >= 0.6 is 0 Å². The number of unbranched alkanes of at least 4 members (excludes halogenated alkanes) is 1. The largest absolute Gasteiger partial charge is 0.390 e. The Morgan fingerprint density at radius 2 is 2.12 bits per heavy atom. The minimum atomic E-state index is -0.390. The predicted octanol–water partition coefficient (Wildman–Crippen LogP) is 1.91. The van der Waals surface area contributed by atoms with Gasteiger partial charge in [-0.25, -0.2) is 14.6 Å². The van der Waals surface area contributed by atoms with Gasteiger partial charge in [0.2, 0.25) is 0 Å². The average Bonchev–Trinajstić information content (AvgIpc) is 3.05. The predicted molar refractivity (Wildman–Crippen MR) is 99.7 cm³/mol. The van der Waals surface area contributed by atoms with Crippen LogP contribution in [-0.2, 0) is 13.0 Å². The zero-order chi connectivity index (χ0) is 18.0. The molecule has 0 saturated carbocycles. The van der Waals surface area contributed by atoms with E-state index in [-0.39, 0.29) is 6.04 Å². The molecule has 138 valence electrons. The van der Waals surface area contributed by atoms with E-state index in [0.717, 1.165) is 54.9 Å². The lowest BCUT2D eigenvalue weighted by atomic mass is 10.1. The van der Waals surface area contributed by atoms with Gasteiger partial charge in [-0.1, -0.05) is 27.2 Å². The minimum absolute atomic E-state index is 0.0195. The van der Waals surface area contributed by atoms with Gasteiger partial charge in [-0.05, 0) is 25.8 Å². The summed E-state index contributed by atoms with van der Waals surface area (Å²) in [5.41, 5.74) is 1.94. The monoisotopic (exact) mass is 346 g/mol. The van der Waals surface area contributed by atoms with Gasteiger partial charge in [0.1, 0.15) is 12.1 Å². The molecule has 0 radical (unpaired) electrons. The number of aliphatic hydroxyl groups is 1. The van der Waals surface area contributed by atoms with Crippen molar-refractivity contribution in [2.45, 2.75) is 58.7 Å². The van der Waals surface area contributed by atoms with Crippen LogP contribution in [0.2, 0.25) is 0 Å². The number of fused-ring (bicyclic) bond motifs is 1. The molecular weight excluding hydrogens is 316 g/mol. The second-order valence-electron chi connectivity index (χ2n) is 7.58. The number of aromatic nitrogens is 4. The first kappa shape index (κ1) is 18.1. The van der Waals surface area contributed by atoms with Crippen molar-refractivity contribution in [1.82, 2.24) is 24.6 Å². The van der Waals surface area contributed by atoms with E-state index in [2.05, 4.69) is 41.0 Å². The Balaban J connectivity index is 1.98. The normalized spacial score (nSPS) is 21.5. The Morgan fingerprint density at radius 1 is 1.32 bits per heavy atom. The van der Waals surface area contributed by atoms with E-state index >= 15 is 0 Å². The summed E-state index contributed by atoms with van der Waals surface area (Å²) in [4.78, 5) is 11.1. The van der Waals surface area contributed by atoms with Crippen LogP contribution in [0.3, 0.4) is 0 Å². The molecule has 1 fully saturated rings. The Kier molecular flexibility index (Phi) is 5.54. The Labute approximate surface area is 149 Å². The summed E-state index contributed by atoms with van der Waals surface area (Å²) in [5.74, 6) is 1.30. The van der Waals surface area contributed by atoms with Gasteiger partial charge in [-0.3, -0.25) is 0 Å². The molecule has 7 nitrogen and oxygen atoms in total. The Hall–Kier alpha value is -1.73. The Morgan fingerprint density at radius 3 is 2.76 bits per heavy atom. The van der Waals surface area contributed by atoms with E-state index in [1.54, 1.807) is 6.33 Å². The number of nitrogens with one attached hydrogen (secondary N) is 1. The number of β-amino-alcohol motifs (C(OH)–C–C–N with tert-alkyl or cyclic N) is 1. The maximum absolute atomic E-state index is 10.3. The van der Waals surface area contributed by atoms with Gasteiger partial charge in [-0.15, -0.1) is 0 Å². The molecule has 0 amide bonds. The summed E-state index contributed by atoms with van der Waals surface area (Å²) < 4.78 is 2.01. The molecule has 2 atom stereocenters. The number of hydrogen-bond acceptors (Lipinski definition) is 6. The van der Waals surface area contributed by atoms with Crippen LogP contribution in [0.15, 0.2) is 6.33 Å². The molecule has 3 heterocycles. The number of rotatable bonds is 7. The highest BCUT2D eigenvalue weighted by molar-refractivity contribution is 5.89. The molecule has 0 spiro atoms. The van der Waals surface area contributed by atoms with Crippen LogP contribution in [0.1, 0.15) is 39.3 Å². The van der Waals surface area contributed by atoms with E-state index in [1.807, 2.05) is 11.7 Å². The molecule has 0 aromatic carbocycles. The van der Waals surface area contributed by atoms with Crippen molar-refractivity contribution in [3.8, 4) is 0 Å². The van der Waals surface area contributed by atoms with Gasteiger partial charge >= 0.3 is 0 Å². The molecule has 3 rings (SSSR count). The number of aryl methyl sites for hydroxylation is 1. The third-order valence-electron chi connectivity index (χ3n) is 4.72. The maximum Gasteiger partial charge on any atom is 0.163 e. The fourth-order valence-electron chi connectivity index (χ4n) is 3.48. The average molecular weight is 346 g/mol. The highest BCUT2D eigenvalue weighted by Gasteiger charge is 2.30. The fraction of sp³-hybridized carbons (Fsp3) is 0.722. The third-order valence-corrected chi connectivity index (χ3v) is 4.72. The first-order chi connectivity index (χ1) is 12.0. The number of nitrogens with zero attached hydrogens (tertiary/aromatic N) is 5. The lowest BCUT2D eigenvalue weighted by molar-refractivity contribution is 0.174. The van der Waals surface area contributed by atoms with Crippen molar-refractivity contribution in [1.29, 1.82) is 0 Å². The van der Waals surface area contributed by atoms with Gasteiger partial charge in [0.05, 0.1) is 23.2 Å². The molecule has 25 heavy (non-hydrogen) atoms. The van der Waals surface area contributed by atoms with Crippen LogP contribution in [-0.4, -0.2) is 62.0 Å². The van der Waals surface area contributed by atoms with Gasteiger partial charge in [0.25, 0.3) is 0 Å². The van der Waals surface area contributed by atoms with E-state index in [1.165, 1.54) is 0 Å². The summed E-state index contributed by atoms with van der Waals surface area (Å²) in [6, 6.07) is -0.0195.